The van der Waals surface area contributed by atoms with Crippen LogP contribution in [0, 0.1) is 6.92 Å². The zero-order valence-corrected chi connectivity index (χ0v) is 18.0. The minimum absolute atomic E-state index is 0.0505. The van der Waals surface area contributed by atoms with Gasteiger partial charge in [0.15, 0.2) is 0 Å². The van der Waals surface area contributed by atoms with Crippen molar-refractivity contribution in [1.29, 1.82) is 0 Å². The summed E-state index contributed by atoms with van der Waals surface area (Å²) in [6.07, 6.45) is -3.21. The van der Waals surface area contributed by atoms with Crippen LogP contribution in [0.3, 0.4) is 0 Å². The summed E-state index contributed by atoms with van der Waals surface area (Å²) < 4.78 is 6.86. The Morgan fingerprint density at radius 3 is 2.29 bits per heavy atom. The minimum Gasteiger partial charge on any atom is -0.449 e. The first-order valence-electron chi connectivity index (χ1n) is 10.0. The number of nitrogens with one attached hydrogen (secondary N) is 1. The van der Waals surface area contributed by atoms with E-state index in [1.165, 1.54) is 4.68 Å². The molecule has 4 rings (SSSR count). The Morgan fingerprint density at radius 2 is 1.74 bits per heavy atom. The maximum absolute atomic E-state index is 12.3. The van der Waals surface area contributed by atoms with Crippen molar-refractivity contribution in [2.45, 2.75) is 25.0 Å². The molecule has 0 saturated heterocycles. The molecule has 0 aliphatic heterocycles. The zero-order valence-electron chi connectivity index (χ0n) is 17.2. The summed E-state index contributed by atoms with van der Waals surface area (Å²) in [6.45, 7) is 1.67. The van der Waals surface area contributed by atoms with Crippen LogP contribution in [0.25, 0.3) is 11.1 Å². The van der Waals surface area contributed by atoms with Gasteiger partial charge in [0.25, 0.3) is 0 Å². The molecule has 1 aromatic heterocycles. The summed E-state index contributed by atoms with van der Waals surface area (Å²) in [5.74, 6) is -0.0505. The molecule has 1 amide bonds. The predicted octanol–water partition coefficient (Wildman–Crippen LogP) is 3.31. The number of alkyl carbamates (subject to hydrolysis) is 1. The van der Waals surface area contributed by atoms with Crippen LogP contribution in [0.5, 0.6) is 0 Å². The summed E-state index contributed by atoms with van der Waals surface area (Å²) in [5, 5.41) is 27.6. The second-order valence-corrected chi connectivity index (χ2v) is 7.99. The highest BCUT2D eigenvalue weighted by Gasteiger charge is 2.30. The number of aliphatic hydroxyl groups is 2. The third kappa shape index (κ3) is 4.04. The van der Waals surface area contributed by atoms with E-state index in [1.54, 1.807) is 14.0 Å². The number of amides is 1. The molecule has 2 atom stereocenters. The van der Waals surface area contributed by atoms with Gasteiger partial charge < -0.3 is 20.3 Å². The van der Waals surface area contributed by atoms with Crippen LogP contribution in [0.15, 0.2) is 48.5 Å². The number of aryl methyl sites for hydroxylation is 2. The summed E-state index contributed by atoms with van der Waals surface area (Å²) in [7, 11) is 1.65. The van der Waals surface area contributed by atoms with Crippen molar-refractivity contribution in [3.05, 3.63) is 76.1 Å². The molecule has 0 fully saturated rings. The minimum atomic E-state index is -1.28. The number of nitrogens with zero attached hydrogens (tertiary/aromatic N) is 2. The summed E-state index contributed by atoms with van der Waals surface area (Å²) in [6, 6.07) is 16.2. The van der Waals surface area contributed by atoms with E-state index in [0.29, 0.717) is 11.3 Å². The van der Waals surface area contributed by atoms with Gasteiger partial charge in [-0.3, -0.25) is 4.68 Å². The van der Waals surface area contributed by atoms with Gasteiger partial charge in [0.05, 0.1) is 5.69 Å². The van der Waals surface area contributed by atoms with Gasteiger partial charge in [-0.05, 0) is 29.2 Å². The van der Waals surface area contributed by atoms with Crippen molar-refractivity contribution < 1.29 is 19.7 Å². The topological polar surface area (TPSA) is 96.6 Å². The van der Waals surface area contributed by atoms with Gasteiger partial charge in [-0.25, -0.2) is 4.79 Å². The normalized spacial score (nSPS) is 14.6. The third-order valence-corrected chi connectivity index (χ3v) is 6.10. The van der Waals surface area contributed by atoms with Gasteiger partial charge in [0, 0.05) is 25.1 Å². The summed E-state index contributed by atoms with van der Waals surface area (Å²) in [4.78, 5) is 12.3. The van der Waals surface area contributed by atoms with E-state index >= 15 is 0 Å². The van der Waals surface area contributed by atoms with Crippen LogP contribution in [0.1, 0.15) is 34.4 Å². The fourth-order valence-electron chi connectivity index (χ4n) is 4.12. The first-order valence-corrected chi connectivity index (χ1v) is 10.4. The highest BCUT2D eigenvalue weighted by molar-refractivity contribution is 6.30. The van der Waals surface area contributed by atoms with Crippen LogP contribution in [0.4, 0.5) is 4.79 Å². The first kappa shape index (κ1) is 21.4. The van der Waals surface area contributed by atoms with Gasteiger partial charge in [-0.2, -0.15) is 5.10 Å². The molecule has 7 nitrogen and oxygen atoms in total. The second kappa shape index (κ2) is 8.70. The fraction of sp³-hybridized carbons (Fsp3) is 0.304. The lowest BCUT2D eigenvalue weighted by molar-refractivity contribution is 0.0182. The average Bonchev–Trinajstić information content (AvgIpc) is 3.22. The number of aliphatic hydroxyl groups excluding tert-OH is 2. The molecule has 8 heteroatoms. The third-order valence-electron chi connectivity index (χ3n) is 5.66. The Balaban J connectivity index is 1.36. The lowest BCUT2D eigenvalue weighted by atomic mass is 9.98. The number of halogens is 1. The lowest BCUT2D eigenvalue weighted by Crippen LogP contribution is -2.36. The van der Waals surface area contributed by atoms with E-state index in [2.05, 4.69) is 22.5 Å². The molecule has 3 aromatic rings. The largest absolute Gasteiger partial charge is 0.449 e. The molecule has 1 aliphatic rings. The first-order chi connectivity index (χ1) is 14.9. The molecule has 31 heavy (non-hydrogen) atoms. The maximum Gasteiger partial charge on any atom is 0.407 e. The lowest BCUT2D eigenvalue weighted by Gasteiger charge is -2.19. The molecule has 162 valence electrons. The van der Waals surface area contributed by atoms with E-state index < -0.39 is 18.3 Å². The van der Waals surface area contributed by atoms with E-state index in [9.17, 15) is 15.0 Å². The molecule has 2 unspecified atom stereocenters. The number of benzene rings is 2. The Morgan fingerprint density at radius 1 is 1.16 bits per heavy atom. The number of aromatic nitrogens is 2. The Bertz CT molecular complexity index is 1070. The van der Waals surface area contributed by atoms with Crippen LogP contribution in [-0.2, 0) is 11.8 Å². The van der Waals surface area contributed by atoms with Crippen molar-refractivity contribution >= 4 is 17.7 Å². The molecule has 0 saturated carbocycles. The highest BCUT2D eigenvalue weighted by atomic mass is 35.5. The Hall–Kier alpha value is -2.87. The van der Waals surface area contributed by atoms with Crippen LogP contribution >= 0.6 is 11.6 Å². The SMILES string of the molecule is Cc1nn(C)c(Cl)c1C(O)C(O)CNC(=O)OCC1c2ccccc2-c2ccccc21. The number of hydrogen-bond acceptors (Lipinski definition) is 5. The quantitative estimate of drug-likeness (QED) is 0.545. The van der Waals surface area contributed by atoms with Crippen LogP contribution < -0.4 is 5.32 Å². The highest BCUT2D eigenvalue weighted by Crippen LogP contribution is 2.44. The van der Waals surface area contributed by atoms with Crippen molar-refractivity contribution in [3.63, 3.8) is 0 Å². The number of hydrogen-bond donors (Lipinski definition) is 3. The van der Waals surface area contributed by atoms with Crippen molar-refractivity contribution in [2.75, 3.05) is 13.2 Å². The Labute approximate surface area is 185 Å². The van der Waals surface area contributed by atoms with E-state index in [1.807, 2.05) is 36.4 Å². The number of carbonyl (C=O) groups is 1. The van der Waals surface area contributed by atoms with Gasteiger partial charge in [0.2, 0.25) is 0 Å². The molecule has 2 aromatic carbocycles. The molecule has 0 spiro atoms. The second-order valence-electron chi connectivity index (χ2n) is 7.63. The number of carbonyl (C=O) groups excluding carboxylic acids is 1. The molecule has 3 N–H and O–H groups in total. The van der Waals surface area contributed by atoms with E-state index in [4.69, 9.17) is 16.3 Å². The smallest absolute Gasteiger partial charge is 0.407 e. The molecule has 0 bridgehead atoms. The fourth-order valence-corrected chi connectivity index (χ4v) is 4.41. The van der Waals surface area contributed by atoms with Crippen molar-refractivity contribution in [3.8, 4) is 11.1 Å². The van der Waals surface area contributed by atoms with E-state index in [0.717, 1.165) is 22.3 Å². The van der Waals surface area contributed by atoms with Gasteiger partial charge in [0.1, 0.15) is 24.0 Å². The van der Waals surface area contributed by atoms with Crippen LogP contribution in [0.2, 0.25) is 5.15 Å². The van der Waals surface area contributed by atoms with Crippen molar-refractivity contribution in [1.82, 2.24) is 15.1 Å². The van der Waals surface area contributed by atoms with Gasteiger partial charge in [-0.1, -0.05) is 60.1 Å². The average molecular weight is 442 g/mol. The van der Waals surface area contributed by atoms with Gasteiger partial charge >= 0.3 is 6.09 Å². The molecular weight excluding hydrogens is 418 g/mol. The van der Waals surface area contributed by atoms with Crippen LogP contribution in [-0.4, -0.2) is 45.3 Å². The molecule has 0 radical (unpaired) electrons. The zero-order chi connectivity index (χ0) is 22.1. The van der Waals surface area contributed by atoms with Gasteiger partial charge in [-0.15, -0.1) is 0 Å². The maximum atomic E-state index is 12.3. The summed E-state index contributed by atoms with van der Waals surface area (Å²) >= 11 is 6.14. The number of ether oxygens (including phenoxy) is 1. The molecular formula is C23H24ClN3O4. The standard InChI is InChI=1S/C23H24ClN3O4/c1-13-20(22(24)27(2)26-13)21(29)19(28)11-25-23(30)31-12-18-16-9-5-3-7-14(16)15-8-4-6-10-17(15)18/h3-10,18-19,21,28-29H,11-12H2,1-2H3,(H,25,30). The molecule has 1 aliphatic carbocycles. The van der Waals surface area contributed by atoms with Crippen molar-refractivity contribution in [2.24, 2.45) is 7.05 Å². The number of fused-ring (bicyclic) bond motifs is 3. The monoisotopic (exact) mass is 441 g/mol. The van der Waals surface area contributed by atoms with E-state index in [-0.39, 0.29) is 24.2 Å². The number of rotatable bonds is 6. The molecule has 1 heterocycles. The Kier molecular flexibility index (Phi) is 6.00. The summed E-state index contributed by atoms with van der Waals surface area (Å²) in [5.41, 5.74) is 5.39. The predicted molar refractivity (Wildman–Crippen MR) is 117 cm³/mol.